The number of aromatic nitrogens is 2. The Balaban J connectivity index is 2.03. The van der Waals surface area contributed by atoms with E-state index in [1.165, 1.54) is 12.0 Å². The van der Waals surface area contributed by atoms with Crippen LogP contribution < -0.4 is 5.32 Å². The fourth-order valence-corrected chi connectivity index (χ4v) is 3.01. The van der Waals surface area contributed by atoms with Gasteiger partial charge in [0.15, 0.2) is 0 Å². The van der Waals surface area contributed by atoms with Gasteiger partial charge >= 0.3 is 5.97 Å². The standard InChI is InChI=1S/C18H19ClN4O4/c1-11-8-20-23(9-11)15-4-3-12(19)7-14(15)21-16-13(18(26)27-2)10-22(5-6-24)17(16)25/h3-4,7-9,21,24H,5-6,10H2,1-2H3. The highest BCUT2D eigenvalue weighted by atomic mass is 35.5. The lowest BCUT2D eigenvalue weighted by molar-refractivity contribution is -0.136. The van der Waals surface area contributed by atoms with Crippen LogP contribution in [0.25, 0.3) is 5.69 Å². The summed E-state index contributed by atoms with van der Waals surface area (Å²) in [5.41, 5.74) is 2.44. The lowest BCUT2D eigenvalue weighted by Crippen LogP contribution is -2.31. The molecule has 0 saturated carbocycles. The lowest BCUT2D eigenvalue weighted by Gasteiger charge is -2.16. The van der Waals surface area contributed by atoms with Crippen LogP contribution in [0.5, 0.6) is 0 Å². The largest absolute Gasteiger partial charge is 0.466 e. The molecule has 0 bridgehead atoms. The van der Waals surface area contributed by atoms with Crippen LogP contribution in [-0.4, -0.2) is 58.5 Å². The van der Waals surface area contributed by atoms with Gasteiger partial charge in [0.25, 0.3) is 5.91 Å². The van der Waals surface area contributed by atoms with Crippen LogP contribution in [0.15, 0.2) is 41.9 Å². The second kappa shape index (κ2) is 7.81. The molecule has 0 saturated heterocycles. The van der Waals surface area contributed by atoms with E-state index in [9.17, 15) is 9.59 Å². The molecule has 0 aliphatic carbocycles. The van der Waals surface area contributed by atoms with Crippen molar-refractivity contribution in [2.45, 2.75) is 6.92 Å². The number of halogens is 1. The van der Waals surface area contributed by atoms with Crippen molar-refractivity contribution in [2.75, 3.05) is 32.1 Å². The minimum Gasteiger partial charge on any atom is -0.466 e. The van der Waals surface area contributed by atoms with Gasteiger partial charge in [-0.3, -0.25) is 4.79 Å². The molecule has 2 heterocycles. The van der Waals surface area contributed by atoms with Crippen molar-refractivity contribution >= 4 is 29.2 Å². The van der Waals surface area contributed by atoms with Gasteiger partial charge in [0.2, 0.25) is 0 Å². The minimum atomic E-state index is -0.607. The summed E-state index contributed by atoms with van der Waals surface area (Å²) in [6.45, 7) is 1.89. The number of β-amino-alcohol motifs (C(OH)–C–C–N with tert-alkyl or cyclic N) is 1. The van der Waals surface area contributed by atoms with Crippen molar-refractivity contribution in [1.29, 1.82) is 0 Å². The first-order valence-electron chi connectivity index (χ1n) is 8.24. The molecule has 142 valence electrons. The van der Waals surface area contributed by atoms with E-state index in [1.54, 1.807) is 29.1 Å². The van der Waals surface area contributed by atoms with Crippen molar-refractivity contribution in [3.63, 3.8) is 0 Å². The molecule has 1 amide bonds. The number of benzene rings is 1. The van der Waals surface area contributed by atoms with Gasteiger partial charge in [-0.1, -0.05) is 11.6 Å². The highest BCUT2D eigenvalue weighted by molar-refractivity contribution is 6.31. The van der Waals surface area contributed by atoms with Crippen LogP contribution in [-0.2, 0) is 14.3 Å². The van der Waals surface area contributed by atoms with Crippen molar-refractivity contribution in [1.82, 2.24) is 14.7 Å². The number of nitrogens with zero attached hydrogens (tertiary/aromatic N) is 3. The molecule has 2 aromatic rings. The van der Waals surface area contributed by atoms with Gasteiger partial charge in [0, 0.05) is 17.8 Å². The Labute approximate surface area is 161 Å². The second-order valence-corrected chi connectivity index (χ2v) is 6.48. The Morgan fingerprint density at radius 2 is 2.22 bits per heavy atom. The topological polar surface area (TPSA) is 96.7 Å². The zero-order chi connectivity index (χ0) is 19.6. The van der Waals surface area contributed by atoms with E-state index in [2.05, 4.69) is 10.4 Å². The third-order valence-electron chi connectivity index (χ3n) is 4.13. The highest BCUT2D eigenvalue weighted by Gasteiger charge is 2.34. The summed E-state index contributed by atoms with van der Waals surface area (Å²) in [4.78, 5) is 26.2. The molecular weight excluding hydrogens is 372 g/mol. The van der Waals surface area contributed by atoms with Crippen LogP contribution in [0.2, 0.25) is 5.02 Å². The van der Waals surface area contributed by atoms with Crippen LogP contribution in [0.4, 0.5) is 5.69 Å². The van der Waals surface area contributed by atoms with Crippen LogP contribution in [0.1, 0.15) is 5.56 Å². The Hall–Kier alpha value is -2.84. The lowest BCUT2D eigenvalue weighted by atomic mass is 10.2. The third-order valence-corrected chi connectivity index (χ3v) is 4.37. The summed E-state index contributed by atoms with van der Waals surface area (Å²) in [5, 5.41) is 16.9. The number of rotatable bonds is 6. The van der Waals surface area contributed by atoms with E-state index in [0.29, 0.717) is 16.4 Å². The highest BCUT2D eigenvalue weighted by Crippen LogP contribution is 2.29. The zero-order valence-corrected chi connectivity index (χ0v) is 15.7. The molecule has 3 rings (SSSR count). The summed E-state index contributed by atoms with van der Waals surface area (Å²) in [5.74, 6) is -1.00. The van der Waals surface area contributed by atoms with E-state index in [0.717, 1.165) is 5.56 Å². The summed E-state index contributed by atoms with van der Waals surface area (Å²) in [7, 11) is 1.25. The first-order chi connectivity index (χ1) is 12.9. The maximum absolute atomic E-state index is 12.7. The Morgan fingerprint density at radius 1 is 1.44 bits per heavy atom. The minimum absolute atomic E-state index is 0.0607. The van der Waals surface area contributed by atoms with Gasteiger partial charge in [-0.25, -0.2) is 9.48 Å². The number of methoxy groups -OCH3 is 1. The summed E-state index contributed by atoms with van der Waals surface area (Å²) < 4.78 is 6.45. The average molecular weight is 391 g/mol. The molecule has 1 aliphatic heterocycles. The molecule has 0 spiro atoms. The van der Waals surface area contributed by atoms with Gasteiger partial charge in [-0.2, -0.15) is 5.10 Å². The Morgan fingerprint density at radius 3 is 2.85 bits per heavy atom. The van der Waals surface area contributed by atoms with Gasteiger partial charge in [-0.05, 0) is 30.7 Å². The molecule has 0 fully saturated rings. The van der Waals surface area contributed by atoms with E-state index >= 15 is 0 Å². The van der Waals surface area contributed by atoms with Crippen molar-refractivity contribution in [3.8, 4) is 5.69 Å². The van der Waals surface area contributed by atoms with E-state index in [1.807, 2.05) is 13.1 Å². The monoisotopic (exact) mass is 390 g/mol. The number of hydrogen-bond acceptors (Lipinski definition) is 6. The summed E-state index contributed by atoms with van der Waals surface area (Å²) in [6.07, 6.45) is 3.54. The first-order valence-corrected chi connectivity index (χ1v) is 8.62. The third kappa shape index (κ3) is 3.81. The van der Waals surface area contributed by atoms with E-state index in [-0.39, 0.29) is 31.0 Å². The zero-order valence-electron chi connectivity index (χ0n) is 14.9. The fourth-order valence-electron chi connectivity index (χ4n) is 2.84. The van der Waals surface area contributed by atoms with Gasteiger partial charge in [0.05, 0.1) is 43.4 Å². The van der Waals surface area contributed by atoms with Crippen LogP contribution >= 0.6 is 11.6 Å². The molecule has 1 aromatic heterocycles. The normalized spacial score (nSPS) is 14.1. The molecule has 8 nitrogen and oxygen atoms in total. The number of anilines is 1. The van der Waals surface area contributed by atoms with Crippen LogP contribution in [0.3, 0.4) is 0 Å². The molecule has 0 atom stereocenters. The number of aliphatic hydroxyl groups is 1. The Kier molecular flexibility index (Phi) is 5.48. The predicted octanol–water partition coefficient (Wildman–Crippen LogP) is 1.51. The van der Waals surface area contributed by atoms with Crippen molar-refractivity contribution in [3.05, 3.63) is 52.4 Å². The van der Waals surface area contributed by atoms with E-state index in [4.69, 9.17) is 21.4 Å². The number of hydrogen-bond donors (Lipinski definition) is 2. The van der Waals surface area contributed by atoms with Gasteiger partial charge < -0.3 is 20.1 Å². The number of aliphatic hydroxyl groups excluding tert-OH is 1. The number of aryl methyl sites for hydroxylation is 1. The average Bonchev–Trinajstić information content (AvgIpc) is 3.20. The van der Waals surface area contributed by atoms with Gasteiger partial charge in [0.1, 0.15) is 5.70 Å². The molecule has 0 radical (unpaired) electrons. The number of carbonyl (C=O) groups is 2. The number of ether oxygens (including phenoxy) is 1. The molecule has 0 unspecified atom stereocenters. The molecule has 2 N–H and O–H groups in total. The summed E-state index contributed by atoms with van der Waals surface area (Å²) in [6, 6.07) is 5.13. The van der Waals surface area contributed by atoms with Crippen molar-refractivity contribution in [2.24, 2.45) is 0 Å². The molecule has 9 heteroatoms. The predicted molar refractivity (Wildman–Crippen MR) is 99.6 cm³/mol. The maximum Gasteiger partial charge on any atom is 0.337 e. The number of carbonyl (C=O) groups excluding carboxylic acids is 2. The number of esters is 1. The second-order valence-electron chi connectivity index (χ2n) is 6.04. The molecule has 1 aliphatic rings. The van der Waals surface area contributed by atoms with E-state index < -0.39 is 11.9 Å². The fraction of sp³-hybridized carbons (Fsp3) is 0.278. The number of nitrogens with one attached hydrogen (secondary N) is 1. The quantitative estimate of drug-likeness (QED) is 0.726. The smallest absolute Gasteiger partial charge is 0.337 e. The maximum atomic E-state index is 12.7. The SMILES string of the molecule is COC(=O)C1=C(Nc2cc(Cl)ccc2-n2cc(C)cn2)C(=O)N(CCO)C1. The first kappa shape index (κ1) is 18.9. The van der Waals surface area contributed by atoms with Crippen molar-refractivity contribution < 1.29 is 19.4 Å². The van der Waals surface area contributed by atoms with Gasteiger partial charge in [-0.15, -0.1) is 0 Å². The summed E-state index contributed by atoms with van der Waals surface area (Å²) >= 11 is 6.13. The number of amides is 1. The molecule has 27 heavy (non-hydrogen) atoms. The molecule has 1 aromatic carbocycles. The Bertz CT molecular complexity index is 922. The van der Waals surface area contributed by atoms with Crippen LogP contribution in [0, 0.1) is 6.92 Å². The molecular formula is C18H19ClN4O4.